The van der Waals surface area contributed by atoms with Gasteiger partial charge < -0.3 is 18.8 Å². The van der Waals surface area contributed by atoms with Gasteiger partial charge in [-0.05, 0) is 68.2 Å². The molecule has 0 aliphatic carbocycles. The van der Waals surface area contributed by atoms with E-state index < -0.39 is 0 Å². The van der Waals surface area contributed by atoms with Crippen molar-refractivity contribution in [1.82, 2.24) is 15.1 Å². The summed E-state index contributed by atoms with van der Waals surface area (Å²) >= 11 is 0. The number of piperidine rings is 1. The SMILES string of the molecule is c1ccc2c(CCN3CCC(c4cc(-c5ccc6c(c5)OCCO6)n[nH]4)CC3)coc2c1. The molecule has 2 aromatic heterocycles. The van der Waals surface area contributed by atoms with Gasteiger partial charge >= 0.3 is 0 Å². The van der Waals surface area contributed by atoms with Gasteiger partial charge in [-0.3, -0.25) is 5.10 Å². The zero-order valence-corrected chi connectivity index (χ0v) is 18.0. The molecule has 4 aromatic rings. The number of H-pyrrole nitrogens is 1. The lowest BCUT2D eigenvalue weighted by atomic mass is 9.93. The number of aromatic nitrogens is 2. The summed E-state index contributed by atoms with van der Waals surface area (Å²) in [6.07, 6.45) is 5.24. The highest BCUT2D eigenvalue weighted by molar-refractivity contribution is 5.80. The number of furan rings is 1. The third kappa shape index (κ3) is 3.75. The van der Waals surface area contributed by atoms with Crippen molar-refractivity contribution >= 4 is 11.0 Å². The minimum absolute atomic E-state index is 0.527. The minimum atomic E-state index is 0.527. The lowest BCUT2D eigenvalue weighted by molar-refractivity contribution is 0.171. The molecule has 0 atom stereocenters. The van der Waals surface area contributed by atoms with Crippen LogP contribution in [0.1, 0.15) is 30.0 Å². The summed E-state index contributed by atoms with van der Waals surface area (Å²) in [6, 6.07) is 16.5. The molecule has 0 radical (unpaired) electrons. The summed E-state index contributed by atoms with van der Waals surface area (Å²) < 4.78 is 17.0. The van der Waals surface area contributed by atoms with Crippen molar-refractivity contribution in [2.75, 3.05) is 32.8 Å². The Morgan fingerprint density at radius 2 is 1.81 bits per heavy atom. The van der Waals surface area contributed by atoms with E-state index in [1.54, 1.807) is 0 Å². The Labute approximate surface area is 187 Å². The van der Waals surface area contributed by atoms with E-state index in [1.807, 2.05) is 30.5 Å². The first-order chi connectivity index (χ1) is 15.8. The average Bonchev–Trinajstić information content (AvgIpc) is 3.51. The van der Waals surface area contributed by atoms with Gasteiger partial charge in [-0.2, -0.15) is 5.10 Å². The van der Waals surface area contributed by atoms with Gasteiger partial charge in [0.2, 0.25) is 0 Å². The van der Waals surface area contributed by atoms with Crippen LogP contribution in [0.25, 0.3) is 22.2 Å². The highest BCUT2D eigenvalue weighted by atomic mass is 16.6. The normalized spacial score (nSPS) is 17.1. The molecular formula is C26H27N3O3. The third-order valence-corrected chi connectivity index (χ3v) is 6.72. The summed E-state index contributed by atoms with van der Waals surface area (Å²) in [5.41, 5.74) is 5.54. The number of hydrogen-bond acceptors (Lipinski definition) is 5. The Balaban J connectivity index is 1.06. The van der Waals surface area contributed by atoms with Crippen LogP contribution < -0.4 is 9.47 Å². The van der Waals surface area contributed by atoms with E-state index in [2.05, 4.69) is 39.4 Å². The summed E-state index contributed by atoms with van der Waals surface area (Å²) in [4.78, 5) is 2.57. The quantitative estimate of drug-likeness (QED) is 0.483. The first kappa shape index (κ1) is 19.4. The fourth-order valence-electron chi connectivity index (χ4n) is 4.87. The predicted octanol–water partition coefficient (Wildman–Crippen LogP) is 5.02. The summed E-state index contributed by atoms with van der Waals surface area (Å²) in [5, 5.41) is 9.12. The van der Waals surface area contributed by atoms with Gasteiger partial charge in [-0.15, -0.1) is 0 Å². The van der Waals surface area contributed by atoms with Crippen LogP contribution in [0.2, 0.25) is 0 Å². The Bertz CT molecular complexity index is 1220. The minimum Gasteiger partial charge on any atom is -0.486 e. The Kier molecular flexibility index (Phi) is 5.07. The van der Waals surface area contributed by atoms with Gasteiger partial charge in [0.05, 0.1) is 12.0 Å². The molecule has 0 saturated carbocycles. The van der Waals surface area contributed by atoms with E-state index in [0.717, 1.165) is 67.2 Å². The lowest BCUT2D eigenvalue weighted by Gasteiger charge is -2.31. The first-order valence-corrected chi connectivity index (χ1v) is 11.5. The van der Waals surface area contributed by atoms with Crippen molar-refractivity contribution in [3.05, 3.63) is 66.1 Å². The largest absolute Gasteiger partial charge is 0.486 e. The van der Waals surface area contributed by atoms with Crippen molar-refractivity contribution in [1.29, 1.82) is 0 Å². The molecular weight excluding hydrogens is 402 g/mol. The highest BCUT2D eigenvalue weighted by Gasteiger charge is 2.23. The fraction of sp³-hybridized carbons (Fsp3) is 0.346. The number of aromatic amines is 1. The van der Waals surface area contributed by atoms with E-state index in [1.165, 1.54) is 16.6 Å². The standard InChI is InChI=1S/C26H27N3O3/c1-2-4-24-21(3-1)20(17-32-24)9-12-29-10-7-18(8-11-29)22-16-23(28-27-22)19-5-6-25-26(15-19)31-14-13-30-25/h1-6,15-18H,7-14H2,(H,27,28). The Morgan fingerprint density at radius 1 is 0.969 bits per heavy atom. The molecule has 6 heteroatoms. The predicted molar refractivity (Wildman–Crippen MR) is 123 cm³/mol. The van der Waals surface area contributed by atoms with Crippen molar-refractivity contribution in [2.45, 2.75) is 25.2 Å². The number of nitrogens with zero attached hydrogens (tertiary/aromatic N) is 2. The number of benzene rings is 2. The molecule has 32 heavy (non-hydrogen) atoms. The molecule has 0 unspecified atom stereocenters. The van der Waals surface area contributed by atoms with Gasteiger partial charge in [0.25, 0.3) is 0 Å². The lowest BCUT2D eigenvalue weighted by Crippen LogP contribution is -2.34. The summed E-state index contributed by atoms with van der Waals surface area (Å²) in [5.74, 6) is 2.14. The van der Waals surface area contributed by atoms with Gasteiger partial charge in [-0.25, -0.2) is 0 Å². The molecule has 0 spiro atoms. The number of nitrogens with one attached hydrogen (secondary N) is 1. The molecule has 2 aliphatic heterocycles. The first-order valence-electron chi connectivity index (χ1n) is 11.5. The van der Waals surface area contributed by atoms with E-state index in [-0.39, 0.29) is 0 Å². The Hall–Kier alpha value is -3.25. The van der Waals surface area contributed by atoms with Crippen LogP contribution >= 0.6 is 0 Å². The number of hydrogen-bond donors (Lipinski definition) is 1. The number of likely N-dealkylation sites (tertiary alicyclic amines) is 1. The number of para-hydroxylation sites is 1. The fourth-order valence-corrected chi connectivity index (χ4v) is 4.87. The maximum atomic E-state index is 5.72. The smallest absolute Gasteiger partial charge is 0.162 e. The second-order valence-electron chi connectivity index (χ2n) is 8.69. The molecule has 2 aromatic carbocycles. The average molecular weight is 430 g/mol. The van der Waals surface area contributed by atoms with Crippen molar-refractivity contribution in [3.63, 3.8) is 0 Å². The van der Waals surface area contributed by atoms with Crippen LogP contribution in [0.3, 0.4) is 0 Å². The van der Waals surface area contributed by atoms with Crippen molar-refractivity contribution in [2.24, 2.45) is 0 Å². The monoisotopic (exact) mass is 429 g/mol. The number of ether oxygens (including phenoxy) is 2. The van der Waals surface area contributed by atoms with Crippen LogP contribution in [0, 0.1) is 0 Å². The molecule has 0 amide bonds. The molecule has 4 heterocycles. The zero-order valence-electron chi connectivity index (χ0n) is 18.0. The molecule has 6 nitrogen and oxygen atoms in total. The van der Waals surface area contributed by atoms with Crippen LogP contribution in [-0.4, -0.2) is 47.9 Å². The molecule has 1 fully saturated rings. The second-order valence-corrected chi connectivity index (χ2v) is 8.69. The van der Waals surface area contributed by atoms with Gasteiger partial charge in [0, 0.05) is 29.1 Å². The number of rotatable bonds is 5. The van der Waals surface area contributed by atoms with Gasteiger partial charge in [0.15, 0.2) is 11.5 Å². The van der Waals surface area contributed by atoms with E-state index >= 15 is 0 Å². The van der Waals surface area contributed by atoms with Crippen LogP contribution in [0.15, 0.2) is 59.2 Å². The van der Waals surface area contributed by atoms with Gasteiger partial charge in [0.1, 0.15) is 18.8 Å². The van der Waals surface area contributed by atoms with E-state index in [0.29, 0.717) is 19.1 Å². The van der Waals surface area contributed by atoms with Crippen LogP contribution in [0.4, 0.5) is 0 Å². The molecule has 2 aliphatic rings. The maximum absolute atomic E-state index is 5.72. The van der Waals surface area contributed by atoms with Crippen molar-refractivity contribution < 1.29 is 13.9 Å². The molecule has 1 saturated heterocycles. The Morgan fingerprint density at radius 3 is 2.72 bits per heavy atom. The maximum Gasteiger partial charge on any atom is 0.162 e. The number of fused-ring (bicyclic) bond motifs is 2. The molecule has 6 rings (SSSR count). The summed E-state index contributed by atoms with van der Waals surface area (Å²) in [6.45, 7) is 4.49. The van der Waals surface area contributed by atoms with E-state index in [9.17, 15) is 0 Å². The topological polar surface area (TPSA) is 63.5 Å². The third-order valence-electron chi connectivity index (χ3n) is 6.72. The molecule has 0 bridgehead atoms. The van der Waals surface area contributed by atoms with Crippen LogP contribution in [0.5, 0.6) is 11.5 Å². The molecule has 164 valence electrons. The zero-order chi connectivity index (χ0) is 21.3. The van der Waals surface area contributed by atoms with E-state index in [4.69, 9.17) is 13.9 Å². The summed E-state index contributed by atoms with van der Waals surface area (Å²) in [7, 11) is 0. The van der Waals surface area contributed by atoms with Gasteiger partial charge in [-0.1, -0.05) is 18.2 Å². The second kappa shape index (κ2) is 8.36. The highest BCUT2D eigenvalue weighted by Crippen LogP contribution is 2.35. The molecule has 1 N–H and O–H groups in total. The van der Waals surface area contributed by atoms with Crippen molar-refractivity contribution in [3.8, 4) is 22.8 Å². The van der Waals surface area contributed by atoms with Crippen LogP contribution in [-0.2, 0) is 6.42 Å².